The maximum absolute atomic E-state index is 12.5. The fraction of sp³-hybridized carbons (Fsp3) is 0.412. The summed E-state index contributed by atoms with van der Waals surface area (Å²) in [6.45, 7) is 3.38. The van der Waals surface area contributed by atoms with E-state index in [4.69, 9.17) is 4.74 Å². The lowest BCUT2D eigenvalue weighted by molar-refractivity contribution is -0.118. The lowest BCUT2D eigenvalue weighted by Gasteiger charge is -2.15. The molecule has 6 heteroatoms. The Morgan fingerprint density at radius 1 is 1.43 bits per heavy atom. The molecule has 2 heterocycles. The van der Waals surface area contributed by atoms with E-state index >= 15 is 0 Å². The number of nitrogens with zero attached hydrogens (tertiary/aromatic N) is 3. The molecule has 1 aliphatic heterocycles. The van der Waals surface area contributed by atoms with E-state index in [0.29, 0.717) is 6.54 Å². The van der Waals surface area contributed by atoms with Crippen LogP contribution in [0.25, 0.3) is 0 Å². The summed E-state index contributed by atoms with van der Waals surface area (Å²) in [7, 11) is 3.52. The van der Waals surface area contributed by atoms with Crippen LogP contribution in [0, 0.1) is 6.92 Å². The average molecular weight is 314 g/mol. The molecule has 1 fully saturated rings. The Bertz CT molecular complexity index is 710. The molecule has 2 aromatic rings. The summed E-state index contributed by atoms with van der Waals surface area (Å²) in [5, 5.41) is 7.48. The molecular weight excluding hydrogens is 292 g/mol. The minimum atomic E-state index is -0.150. The number of nitrogens with one attached hydrogen (secondary N) is 1. The highest BCUT2D eigenvalue weighted by atomic mass is 16.5. The number of carbonyl (C=O) groups is 1. The summed E-state index contributed by atoms with van der Waals surface area (Å²) in [6, 6.07) is 5.96. The van der Waals surface area contributed by atoms with E-state index in [1.54, 1.807) is 22.9 Å². The standard InChI is InChI=1S/C17H22N4O2/c1-12-4-5-13(8-16(12)23-3)9-18-15-6-7-21(17(15)22)14-10-19-20(2)11-14/h4-5,8,10-11,15,18H,6-7,9H2,1-3H3/t15-/m1/s1. The number of rotatable bonds is 5. The molecule has 1 amide bonds. The molecule has 1 aromatic carbocycles. The predicted octanol–water partition coefficient (Wildman–Crippen LogP) is 1.63. The Morgan fingerprint density at radius 3 is 2.96 bits per heavy atom. The SMILES string of the molecule is COc1cc(CN[C@@H]2CCN(c3cnn(C)c3)C2=O)ccc1C. The second-order valence-electron chi connectivity index (χ2n) is 5.89. The van der Waals surface area contributed by atoms with Crippen LogP contribution >= 0.6 is 0 Å². The number of benzene rings is 1. The van der Waals surface area contributed by atoms with E-state index in [1.807, 2.05) is 32.3 Å². The fourth-order valence-electron chi connectivity index (χ4n) is 2.89. The third-order valence-electron chi connectivity index (χ3n) is 4.23. The number of methoxy groups -OCH3 is 1. The van der Waals surface area contributed by atoms with Crippen LogP contribution in [-0.2, 0) is 18.4 Å². The summed E-state index contributed by atoms with van der Waals surface area (Å²) in [5.41, 5.74) is 3.08. The highest BCUT2D eigenvalue weighted by molar-refractivity contribution is 5.99. The van der Waals surface area contributed by atoms with Gasteiger partial charge in [0.1, 0.15) is 5.75 Å². The van der Waals surface area contributed by atoms with Gasteiger partial charge in [-0.3, -0.25) is 9.48 Å². The third kappa shape index (κ3) is 3.22. The van der Waals surface area contributed by atoms with Crippen LogP contribution in [0.15, 0.2) is 30.6 Å². The molecule has 1 aliphatic rings. The van der Waals surface area contributed by atoms with E-state index in [9.17, 15) is 4.79 Å². The van der Waals surface area contributed by atoms with Crippen molar-refractivity contribution in [2.75, 3.05) is 18.6 Å². The molecular formula is C17H22N4O2. The van der Waals surface area contributed by atoms with Crippen LogP contribution in [0.3, 0.4) is 0 Å². The first-order valence-electron chi connectivity index (χ1n) is 7.75. The molecule has 3 rings (SSSR count). The largest absolute Gasteiger partial charge is 0.496 e. The lowest BCUT2D eigenvalue weighted by Crippen LogP contribution is -2.37. The molecule has 1 saturated heterocycles. The molecule has 23 heavy (non-hydrogen) atoms. The maximum Gasteiger partial charge on any atom is 0.244 e. The molecule has 0 unspecified atom stereocenters. The second-order valence-corrected chi connectivity index (χ2v) is 5.89. The van der Waals surface area contributed by atoms with Gasteiger partial charge in [0.05, 0.1) is 25.0 Å². The van der Waals surface area contributed by atoms with Crippen molar-refractivity contribution < 1.29 is 9.53 Å². The van der Waals surface area contributed by atoms with Gasteiger partial charge < -0.3 is 15.0 Å². The van der Waals surface area contributed by atoms with Crippen molar-refractivity contribution in [3.05, 3.63) is 41.7 Å². The van der Waals surface area contributed by atoms with Crippen LogP contribution in [0.2, 0.25) is 0 Å². The van der Waals surface area contributed by atoms with Gasteiger partial charge in [0.15, 0.2) is 0 Å². The number of carbonyl (C=O) groups excluding carboxylic acids is 1. The highest BCUT2D eigenvalue weighted by Crippen LogP contribution is 2.22. The van der Waals surface area contributed by atoms with Crippen molar-refractivity contribution in [3.63, 3.8) is 0 Å². The number of anilines is 1. The summed E-state index contributed by atoms with van der Waals surface area (Å²) in [6.07, 6.45) is 4.40. The summed E-state index contributed by atoms with van der Waals surface area (Å²) >= 11 is 0. The second kappa shape index (κ2) is 6.42. The van der Waals surface area contributed by atoms with Gasteiger partial charge in [-0.05, 0) is 30.5 Å². The number of aryl methyl sites for hydroxylation is 2. The number of amides is 1. The fourth-order valence-corrected chi connectivity index (χ4v) is 2.89. The van der Waals surface area contributed by atoms with Gasteiger partial charge in [0.2, 0.25) is 5.91 Å². The topological polar surface area (TPSA) is 59.4 Å². The summed E-state index contributed by atoms with van der Waals surface area (Å²) < 4.78 is 7.05. The Kier molecular flexibility index (Phi) is 4.34. The van der Waals surface area contributed by atoms with Gasteiger partial charge in [0, 0.05) is 26.3 Å². The van der Waals surface area contributed by atoms with Crippen molar-refractivity contribution in [2.45, 2.75) is 25.9 Å². The first-order valence-corrected chi connectivity index (χ1v) is 7.75. The molecule has 6 nitrogen and oxygen atoms in total. The van der Waals surface area contributed by atoms with Gasteiger partial charge in [-0.2, -0.15) is 5.10 Å². The molecule has 0 spiro atoms. The Morgan fingerprint density at radius 2 is 2.26 bits per heavy atom. The molecule has 1 aromatic heterocycles. The van der Waals surface area contributed by atoms with E-state index in [0.717, 1.165) is 35.5 Å². The minimum absolute atomic E-state index is 0.108. The van der Waals surface area contributed by atoms with E-state index in [-0.39, 0.29) is 11.9 Å². The van der Waals surface area contributed by atoms with Crippen molar-refractivity contribution in [2.24, 2.45) is 7.05 Å². The van der Waals surface area contributed by atoms with E-state index in [2.05, 4.69) is 16.5 Å². The van der Waals surface area contributed by atoms with Crippen molar-refractivity contribution >= 4 is 11.6 Å². The first kappa shape index (κ1) is 15.6. The predicted molar refractivity (Wildman–Crippen MR) is 88.5 cm³/mol. The maximum atomic E-state index is 12.5. The van der Waals surface area contributed by atoms with E-state index < -0.39 is 0 Å². The monoisotopic (exact) mass is 314 g/mol. The molecule has 122 valence electrons. The molecule has 0 aliphatic carbocycles. The third-order valence-corrected chi connectivity index (χ3v) is 4.23. The van der Waals surface area contributed by atoms with Crippen LogP contribution in [0.1, 0.15) is 17.5 Å². The quantitative estimate of drug-likeness (QED) is 0.911. The molecule has 0 bridgehead atoms. The van der Waals surface area contributed by atoms with Gasteiger partial charge in [-0.25, -0.2) is 0 Å². The zero-order chi connectivity index (χ0) is 16.4. The van der Waals surface area contributed by atoms with Crippen molar-refractivity contribution in [1.82, 2.24) is 15.1 Å². The summed E-state index contributed by atoms with van der Waals surface area (Å²) in [4.78, 5) is 14.3. The Hall–Kier alpha value is -2.34. The zero-order valence-electron chi connectivity index (χ0n) is 13.7. The Labute approximate surface area is 136 Å². The van der Waals surface area contributed by atoms with Crippen LogP contribution in [0.5, 0.6) is 5.75 Å². The van der Waals surface area contributed by atoms with Crippen molar-refractivity contribution in [1.29, 1.82) is 0 Å². The van der Waals surface area contributed by atoms with Crippen LogP contribution < -0.4 is 15.0 Å². The number of hydrogen-bond donors (Lipinski definition) is 1. The number of aromatic nitrogens is 2. The Balaban J connectivity index is 1.62. The number of hydrogen-bond acceptors (Lipinski definition) is 4. The smallest absolute Gasteiger partial charge is 0.244 e. The van der Waals surface area contributed by atoms with Gasteiger partial charge >= 0.3 is 0 Å². The lowest BCUT2D eigenvalue weighted by atomic mass is 10.1. The molecule has 0 radical (unpaired) electrons. The zero-order valence-corrected chi connectivity index (χ0v) is 13.7. The molecule has 1 N–H and O–H groups in total. The highest BCUT2D eigenvalue weighted by Gasteiger charge is 2.32. The number of ether oxygens (including phenoxy) is 1. The van der Waals surface area contributed by atoms with Crippen LogP contribution in [-0.4, -0.2) is 35.4 Å². The van der Waals surface area contributed by atoms with E-state index in [1.165, 1.54) is 0 Å². The molecule has 1 atom stereocenters. The normalized spacial score (nSPS) is 17.8. The van der Waals surface area contributed by atoms with Gasteiger partial charge in [-0.1, -0.05) is 12.1 Å². The van der Waals surface area contributed by atoms with Crippen LogP contribution in [0.4, 0.5) is 5.69 Å². The molecule has 0 saturated carbocycles. The minimum Gasteiger partial charge on any atom is -0.496 e. The van der Waals surface area contributed by atoms with Crippen molar-refractivity contribution in [3.8, 4) is 5.75 Å². The first-order chi connectivity index (χ1) is 11.1. The summed E-state index contributed by atoms with van der Waals surface area (Å²) in [5.74, 6) is 0.983. The van der Waals surface area contributed by atoms with Gasteiger partial charge in [0.25, 0.3) is 0 Å². The van der Waals surface area contributed by atoms with Gasteiger partial charge in [-0.15, -0.1) is 0 Å². The average Bonchev–Trinajstić information content (AvgIpc) is 3.12.